The molecule has 2 heterocycles. The molecule has 0 bridgehead atoms. The van der Waals surface area contributed by atoms with Gasteiger partial charge in [-0.25, -0.2) is 0 Å². The number of hydrogen-bond donors (Lipinski definition) is 2. The Hall–Kier alpha value is -1.56. The maximum absolute atomic E-state index is 12.3. The number of thiophene rings is 1. The molecule has 0 saturated carbocycles. The monoisotopic (exact) mass is 309 g/mol. The quantitative estimate of drug-likeness (QED) is 0.836. The number of carbonyl (C=O) groups is 2. The Morgan fingerprint density at radius 2 is 1.95 bits per heavy atom. The number of carbonyl (C=O) groups excluding carboxylic acids is 2. The molecule has 4 N–H and O–H groups in total. The van der Waals surface area contributed by atoms with Crippen LogP contribution in [0, 0.1) is 11.3 Å². The lowest BCUT2D eigenvalue weighted by Crippen LogP contribution is -2.25. The van der Waals surface area contributed by atoms with Crippen LogP contribution in [0.3, 0.4) is 0 Å². The number of nitrogens with zero attached hydrogens (tertiary/aromatic N) is 1. The van der Waals surface area contributed by atoms with Gasteiger partial charge in [-0.05, 0) is 11.8 Å². The summed E-state index contributed by atoms with van der Waals surface area (Å²) in [6, 6.07) is 0. The Balaban J connectivity index is 2.48. The molecule has 0 radical (unpaired) electrons. The molecule has 1 aromatic heterocycles. The molecule has 1 amide bonds. The number of rotatable bonds is 4. The van der Waals surface area contributed by atoms with Gasteiger partial charge in [0.15, 0.2) is 5.78 Å². The Morgan fingerprint density at radius 3 is 2.38 bits per heavy atom. The van der Waals surface area contributed by atoms with Crippen molar-refractivity contribution < 1.29 is 9.59 Å². The van der Waals surface area contributed by atoms with Gasteiger partial charge in [0, 0.05) is 19.0 Å². The van der Waals surface area contributed by atoms with Crippen molar-refractivity contribution in [3.05, 3.63) is 10.4 Å². The molecule has 21 heavy (non-hydrogen) atoms. The summed E-state index contributed by atoms with van der Waals surface area (Å²) in [7, 11) is 0. The van der Waals surface area contributed by atoms with Crippen LogP contribution in [0.4, 0.5) is 10.7 Å². The predicted octanol–water partition coefficient (Wildman–Crippen LogP) is 2.50. The molecule has 1 aromatic rings. The van der Waals surface area contributed by atoms with E-state index < -0.39 is 5.91 Å². The van der Waals surface area contributed by atoms with Crippen LogP contribution in [0.2, 0.25) is 0 Å². The molecule has 5 nitrogen and oxygen atoms in total. The molecular weight excluding hydrogens is 286 g/mol. The number of ketones is 1. The number of nitrogens with two attached hydrogens (primary N) is 2. The van der Waals surface area contributed by atoms with Gasteiger partial charge in [0.05, 0.1) is 16.1 Å². The van der Waals surface area contributed by atoms with Crippen LogP contribution < -0.4 is 16.4 Å². The van der Waals surface area contributed by atoms with Crippen molar-refractivity contribution in [2.24, 2.45) is 17.1 Å². The topological polar surface area (TPSA) is 89.4 Å². The van der Waals surface area contributed by atoms with Crippen molar-refractivity contribution in [3.63, 3.8) is 0 Å². The first-order valence-electron chi connectivity index (χ1n) is 7.15. The maximum atomic E-state index is 12.3. The van der Waals surface area contributed by atoms with Gasteiger partial charge in [-0.2, -0.15) is 0 Å². The molecule has 0 spiro atoms. The first-order valence-corrected chi connectivity index (χ1v) is 7.97. The van der Waals surface area contributed by atoms with Crippen molar-refractivity contribution in [2.75, 3.05) is 23.7 Å². The van der Waals surface area contributed by atoms with Gasteiger partial charge in [-0.15, -0.1) is 11.3 Å². The number of anilines is 2. The summed E-state index contributed by atoms with van der Waals surface area (Å²) < 4.78 is 0. The van der Waals surface area contributed by atoms with E-state index in [1.54, 1.807) is 0 Å². The van der Waals surface area contributed by atoms with E-state index in [-0.39, 0.29) is 22.8 Å². The highest BCUT2D eigenvalue weighted by molar-refractivity contribution is 7.19. The van der Waals surface area contributed by atoms with Gasteiger partial charge in [0.2, 0.25) is 0 Å². The second-order valence-electron chi connectivity index (χ2n) is 6.74. The lowest BCUT2D eigenvalue weighted by Gasteiger charge is -2.20. The molecule has 1 fully saturated rings. The van der Waals surface area contributed by atoms with Crippen molar-refractivity contribution in [1.82, 2.24) is 0 Å². The summed E-state index contributed by atoms with van der Waals surface area (Å²) in [5.74, 6) is -0.759. The number of Topliss-reactive ketones (excluding diaryl/α,β-unsaturated/α-hetero) is 1. The summed E-state index contributed by atoms with van der Waals surface area (Å²) in [6.45, 7) is 9.71. The third-order valence-corrected chi connectivity index (χ3v) is 5.17. The smallest absolute Gasteiger partial charge is 0.253 e. The van der Waals surface area contributed by atoms with Gasteiger partial charge in [0.25, 0.3) is 5.91 Å². The van der Waals surface area contributed by atoms with Crippen LogP contribution in [-0.2, 0) is 0 Å². The Bertz CT molecular complexity index is 590. The minimum absolute atomic E-state index is 0.0373. The molecule has 0 unspecified atom stereocenters. The SMILES string of the molecule is CC(C)C(=O)c1sc(N2CCC(C)(C)C2)c(C(N)=O)c1N. The third kappa shape index (κ3) is 2.90. The van der Waals surface area contributed by atoms with Gasteiger partial charge >= 0.3 is 0 Å². The van der Waals surface area contributed by atoms with E-state index >= 15 is 0 Å². The van der Waals surface area contributed by atoms with E-state index in [0.29, 0.717) is 10.4 Å². The average molecular weight is 309 g/mol. The fourth-order valence-electron chi connectivity index (χ4n) is 2.62. The fraction of sp³-hybridized carbons (Fsp3) is 0.600. The second kappa shape index (κ2) is 5.33. The standard InChI is InChI=1S/C15H23N3O2S/c1-8(2)11(19)12-10(16)9(13(17)20)14(21-12)18-6-5-15(3,4)7-18/h8H,5-7,16H2,1-4H3,(H2,17,20). The molecule has 1 aliphatic rings. The Labute approximate surface area is 129 Å². The van der Waals surface area contributed by atoms with Gasteiger partial charge < -0.3 is 16.4 Å². The summed E-state index contributed by atoms with van der Waals surface area (Å²) in [4.78, 5) is 26.6. The van der Waals surface area contributed by atoms with Crippen LogP contribution in [0.5, 0.6) is 0 Å². The summed E-state index contributed by atoms with van der Waals surface area (Å²) in [5, 5.41) is 0.745. The fourth-order valence-corrected chi connectivity index (χ4v) is 3.96. The van der Waals surface area contributed by atoms with Crippen molar-refractivity contribution in [2.45, 2.75) is 34.1 Å². The largest absolute Gasteiger partial charge is 0.397 e. The lowest BCUT2D eigenvalue weighted by atomic mass is 9.93. The highest BCUT2D eigenvalue weighted by atomic mass is 32.1. The zero-order chi connectivity index (χ0) is 15.9. The molecule has 116 valence electrons. The summed E-state index contributed by atoms with van der Waals surface area (Å²) >= 11 is 1.30. The normalized spacial score (nSPS) is 17.5. The minimum atomic E-state index is -0.564. The first kappa shape index (κ1) is 15.8. The van der Waals surface area contributed by atoms with Crippen molar-refractivity contribution in [3.8, 4) is 0 Å². The first-order chi connectivity index (χ1) is 9.64. The highest BCUT2D eigenvalue weighted by Gasteiger charge is 2.34. The zero-order valence-electron chi connectivity index (χ0n) is 13.0. The van der Waals surface area contributed by atoms with E-state index in [1.165, 1.54) is 11.3 Å². The molecule has 2 rings (SSSR count). The number of primary amides is 1. The van der Waals surface area contributed by atoms with Crippen LogP contribution in [0.1, 0.15) is 54.1 Å². The van der Waals surface area contributed by atoms with Crippen LogP contribution >= 0.6 is 11.3 Å². The van der Waals surface area contributed by atoms with Crippen LogP contribution in [0.15, 0.2) is 0 Å². The van der Waals surface area contributed by atoms with Gasteiger partial charge in [-0.1, -0.05) is 27.7 Å². The summed E-state index contributed by atoms with van der Waals surface area (Å²) in [6.07, 6.45) is 1.04. The van der Waals surface area contributed by atoms with Crippen LogP contribution in [0.25, 0.3) is 0 Å². The van der Waals surface area contributed by atoms with Crippen LogP contribution in [-0.4, -0.2) is 24.8 Å². The van der Waals surface area contributed by atoms with E-state index in [2.05, 4.69) is 18.7 Å². The average Bonchev–Trinajstić information content (AvgIpc) is 2.88. The zero-order valence-corrected chi connectivity index (χ0v) is 13.8. The molecule has 0 atom stereocenters. The number of hydrogen-bond acceptors (Lipinski definition) is 5. The van der Waals surface area contributed by atoms with E-state index in [0.717, 1.165) is 24.5 Å². The van der Waals surface area contributed by atoms with Gasteiger partial charge in [0.1, 0.15) is 5.00 Å². The lowest BCUT2D eigenvalue weighted by molar-refractivity contribution is 0.0944. The molecule has 1 aliphatic heterocycles. The number of nitrogen functional groups attached to an aromatic ring is 1. The molecular formula is C15H23N3O2S. The highest BCUT2D eigenvalue weighted by Crippen LogP contribution is 2.43. The molecule has 1 saturated heterocycles. The number of amides is 1. The predicted molar refractivity (Wildman–Crippen MR) is 87.0 cm³/mol. The van der Waals surface area contributed by atoms with E-state index in [9.17, 15) is 9.59 Å². The Kier molecular flexibility index (Phi) is 4.02. The third-order valence-electron chi connectivity index (χ3n) is 3.89. The van der Waals surface area contributed by atoms with Gasteiger partial charge in [-0.3, -0.25) is 9.59 Å². The minimum Gasteiger partial charge on any atom is -0.397 e. The molecule has 0 aliphatic carbocycles. The maximum Gasteiger partial charge on any atom is 0.253 e. The summed E-state index contributed by atoms with van der Waals surface area (Å²) in [5.41, 5.74) is 12.3. The van der Waals surface area contributed by atoms with E-state index in [4.69, 9.17) is 11.5 Å². The van der Waals surface area contributed by atoms with Crippen molar-refractivity contribution in [1.29, 1.82) is 0 Å². The van der Waals surface area contributed by atoms with E-state index in [1.807, 2.05) is 13.8 Å². The van der Waals surface area contributed by atoms with Crippen molar-refractivity contribution >= 4 is 33.7 Å². The Morgan fingerprint density at radius 1 is 1.33 bits per heavy atom. The molecule has 0 aromatic carbocycles. The molecule has 6 heteroatoms. The second-order valence-corrected chi connectivity index (χ2v) is 7.74.